The zero-order chi connectivity index (χ0) is 13.9. The third-order valence-electron chi connectivity index (χ3n) is 2.47. The zero-order valence-electron chi connectivity index (χ0n) is 10.4. The van der Waals surface area contributed by atoms with E-state index in [0.717, 1.165) is 5.69 Å². The molecular formula is C12H14N4O2S. The van der Waals surface area contributed by atoms with E-state index in [1.165, 1.54) is 12.3 Å². The first kappa shape index (κ1) is 13.4. The number of sulfonamides is 1. The maximum Gasteiger partial charge on any atom is 0.263 e. The van der Waals surface area contributed by atoms with Crippen LogP contribution in [0.4, 0.5) is 5.69 Å². The average Bonchev–Trinajstić information content (AvgIpc) is 2.38. The highest BCUT2D eigenvalue weighted by molar-refractivity contribution is 7.92. The molecule has 0 unspecified atom stereocenters. The van der Waals surface area contributed by atoms with Gasteiger partial charge in [0.2, 0.25) is 0 Å². The van der Waals surface area contributed by atoms with Gasteiger partial charge in [0.15, 0.2) is 0 Å². The average molecular weight is 278 g/mol. The molecule has 7 heteroatoms. The van der Waals surface area contributed by atoms with Crippen molar-refractivity contribution in [3.05, 3.63) is 48.0 Å². The second kappa shape index (κ2) is 5.33. The molecule has 2 aromatic rings. The van der Waals surface area contributed by atoms with Gasteiger partial charge in [-0.15, -0.1) is 0 Å². The summed E-state index contributed by atoms with van der Waals surface area (Å²) < 4.78 is 26.7. The van der Waals surface area contributed by atoms with E-state index in [1.54, 1.807) is 31.3 Å². The molecule has 0 radical (unpaired) electrons. The summed E-state index contributed by atoms with van der Waals surface area (Å²) in [6.07, 6.45) is 2.83. The highest BCUT2D eigenvalue weighted by Gasteiger charge is 2.14. The standard InChI is InChI=1S/C12H14N4O2S/c1-9-6-10(4-5-14-9)16-19(17,18)12-3-2-11(7-13)15-8-12/h2-6,8H,7,13H2,1H3,(H,14,16). The minimum absolute atomic E-state index is 0.0964. The number of hydrogen-bond acceptors (Lipinski definition) is 5. The molecule has 0 saturated carbocycles. The normalized spacial score (nSPS) is 11.3. The van der Waals surface area contributed by atoms with E-state index in [0.29, 0.717) is 11.4 Å². The van der Waals surface area contributed by atoms with E-state index in [1.807, 2.05) is 0 Å². The number of hydrogen-bond donors (Lipinski definition) is 2. The van der Waals surface area contributed by atoms with Crippen LogP contribution in [-0.4, -0.2) is 18.4 Å². The summed E-state index contributed by atoms with van der Waals surface area (Å²) in [5, 5.41) is 0. The molecule has 2 aromatic heterocycles. The minimum Gasteiger partial charge on any atom is -0.325 e. The Balaban J connectivity index is 2.27. The zero-order valence-corrected chi connectivity index (χ0v) is 11.2. The van der Waals surface area contributed by atoms with Crippen LogP contribution in [0.5, 0.6) is 0 Å². The fourth-order valence-electron chi connectivity index (χ4n) is 1.51. The van der Waals surface area contributed by atoms with Crippen LogP contribution in [0.1, 0.15) is 11.4 Å². The lowest BCUT2D eigenvalue weighted by atomic mass is 10.3. The highest BCUT2D eigenvalue weighted by atomic mass is 32.2. The number of nitrogens with two attached hydrogens (primary N) is 1. The summed E-state index contributed by atoms with van der Waals surface area (Å²) in [5.74, 6) is 0. The van der Waals surface area contributed by atoms with E-state index in [4.69, 9.17) is 5.73 Å². The van der Waals surface area contributed by atoms with Gasteiger partial charge in [-0.25, -0.2) is 8.42 Å². The van der Waals surface area contributed by atoms with E-state index >= 15 is 0 Å². The Bertz CT molecular complexity index is 668. The Morgan fingerprint density at radius 3 is 2.63 bits per heavy atom. The minimum atomic E-state index is -3.64. The van der Waals surface area contributed by atoms with E-state index in [-0.39, 0.29) is 11.4 Å². The topological polar surface area (TPSA) is 98.0 Å². The largest absolute Gasteiger partial charge is 0.325 e. The molecule has 0 aliphatic heterocycles. The lowest BCUT2D eigenvalue weighted by Gasteiger charge is -2.08. The first-order valence-corrected chi connectivity index (χ1v) is 7.10. The molecule has 0 aliphatic carbocycles. The van der Waals surface area contributed by atoms with Crippen LogP contribution in [0, 0.1) is 6.92 Å². The molecule has 0 amide bonds. The van der Waals surface area contributed by atoms with Crippen molar-refractivity contribution in [3.8, 4) is 0 Å². The van der Waals surface area contributed by atoms with Crippen molar-refractivity contribution in [2.75, 3.05) is 4.72 Å². The molecule has 0 atom stereocenters. The quantitative estimate of drug-likeness (QED) is 0.871. The fraction of sp³-hybridized carbons (Fsp3) is 0.167. The number of nitrogens with one attached hydrogen (secondary N) is 1. The Hall–Kier alpha value is -1.99. The summed E-state index contributed by atoms with van der Waals surface area (Å²) in [6, 6.07) is 6.31. The second-order valence-corrected chi connectivity index (χ2v) is 5.66. The fourth-order valence-corrected chi connectivity index (χ4v) is 2.51. The molecule has 0 saturated heterocycles. The first-order chi connectivity index (χ1) is 9.01. The Kier molecular flexibility index (Phi) is 3.77. The summed E-state index contributed by atoms with van der Waals surface area (Å²) in [4.78, 5) is 8.07. The lowest BCUT2D eigenvalue weighted by molar-refractivity contribution is 0.600. The number of nitrogens with zero attached hydrogens (tertiary/aromatic N) is 2. The highest BCUT2D eigenvalue weighted by Crippen LogP contribution is 2.15. The van der Waals surface area contributed by atoms with Crippen molar-refractivity contribution >= 4 is 15.7 Å². The predicted molar refractivity (Wildman–Crippen MR) is 71.9 cm³/mol. The number of rotatable bonds is 4. The van der Waals surface area contributed by atoms with Crippen LogP contribution in [0.25, 0.3) is 0 Å². The van der Waals surface area contributed by atoms with Crippen LogP contribution in [0.3, 0.4) is 0 Å². The molecule has 2 heterocycles. The SMILES string of the molecule is Cc1cc(NS(=O)(=O)c2ccc(CN)nc2)ccn1. The maximum atomic E-state index is 12.1. The molecule has 2 rings (SSSR count). The third-order valence-corrected chi connectivity index (χ3v) is 3.83. The van der Waals surface area contributed by atoms with E-state index < -0.39 is 10.0 Å². The van der Waals surface area contributed by atoms with Gasteiger partial charge in [0.25, 0.3) is 10.0 Å². The van der Waals surface area contributed by atoms with Crippen LogP contribution in [-0.2, 0) is 16.6 Å². The van der Waals surface area contributed by atoms with Gasteiger partial charge in [0.1, 0.15) is 4.90 Å². The van der Waals surface area contributed by atoms with Crippen LogP contribution in [0.2, 0.25) is 0 Å². The lowest BCUT2D eigenvalue weighted by Crippen LogP contribution is -2.14. The Morgan fingerprint density at radius 1 is 1.26 bits per heavy atom. The van der Waals surface area contributed by atoms with Crippen LogP contribution >= 0.6 is 0 Å². The summed E-state index contributed by atoms with van der Waals surface area (Å²) >= 11 is 0. The summed E-state index contributed by atoms with van der Waals surface area (Å²) in [5.41, 5.74) is 7.25. The van der Waals surface area contributed by atoms with Gasteiger partial charge >= 0.3 is 0 Å². The molecular weight excluding hydrogens is 264 g/mol. The molecule has 6 nitrogen and oxygen atoms in total. The second-order valence-electron chi connectivity index (χ2n) is 3.98. The van der Waals surface area contributed by atoms with Crippen molar-refractivity contribution < 1.29 is 8.42 Å². The van der Waals surface area contributed by atoms with Gasteiger partial charge in [-0.2, -0.15) is 0 Å². The number of aryl methyl sites for hydroxylation is 1. The molecule has 0 aromatic carbocycles. The monoisotopic (exact) mass is 278 g/mol. The van der Waals surface area contributed by atoms with Gasteiger partial charge < -0.3 is 5.73 Å². The Labute approximate surface area is 111 Å². The third kappa shape index (κ3) is 3.27. The molecule has 100 valence electrons. The van der Waals surface area contributed by atoms with Crippen molar-refractivity contribution in [3.63, 3.8) is 0 Å². The van der Waals surface area contributed by atoms with Crippen molar-refractivity contribution in [2.24, 2.45) is 5.73 Å². The summed E-state index contributed by atoms with van der Waals surface area (Å²) in [7, 11) is -3.64. The van der Waals surface area contributed by atoms with Crippen LogP contribution < -0.4 is 10.5 Å². The molecule has 0 aliphatic rings. The smallest absolute Gasteiger partial charge is 0.263 e. The molecule has 0 spiro atoms. The molecule has 0 bridgehead atoms. The van der Waals surface area contributed by atoms with Crippen LogP contribution in [0.15, 0.2) is 41.6 Å². The maximum absolute atomic E-state index is 12.1. The van der Waals surface area contributed by atoms with E-state index in [9.17, 15) is 8.42 Å². The van der Waals surface area contributed by atoms with Gasteiger partial charge in [-0.1, -0.05) is 0 Å². The van der Waals surface area contributed by atoms with E-state index in [2.05, 4.69) is 14.7 Å². The van der Waals surface area contributed by atoms with Gasteiger partial charge in [-0.3, -0.25) is 14.7 Å². The van der Waals surface area contributed by atoms with Gasteiger partial charge in [0, 0.05) is 24.6 Å². The van der Waals surface area contributed by atoms with Crippen molar-refractivity contribution in [1.29, 1.82) is 0 Å². The molecule has 0 fully saturated rings. The van der Waals surface area contributed by atoms with Gasteiger partial charge in [0.05, 0.1) is 11.4 Å². The van der Waals surface area contributed by atoms with Crippen molar-refractivity contribution in [1.82, 2.24) is 9.97 Å². The number of anilines is 1. The molecule has 3 N–H and O–H groups in total. The number of pyridine rings is 2. The Morgan fingerprint density at radius 2 is 2.05 bits per heavy atom. The predicted octanol–water partition coefficient (Wildman–Crippen LogP) is 1.04. The van der Waals surface area contributed by atoms with Gasteiger partial charge in [-0.05, 0) is 31.2 Å². The number of aromatic nitrogens is 2. The molecule has 19 heavy (non-hydrogen) atoms. The van der Waals surface area contributed by atoms with Crippen molar-refractivity contribution in [2.45, 2.75) is 18.4 Å². The first-order valence-electron chi connectivity index (χ1n) is 5.62. The summed E-state index contributed by atoms with van der Waals surface area (Å²) in [6.45, 7) is 2.06.